The molecule has 0 aliphatic rings. The van der Waals surface area contributed by atoms with Crippen molar-refractivity contribution in [2.24, 2.45) is 0 Å². The van der Waals surface area contributed by atoms with E-state index in [-0.39, 0.29) is 12.5 Å². The van der Waals surface area contributed by atoms with Gasteiger partial charge in [0, 0.05) is 10.0 Å². The van der Waals surface area contributed by atoms with Gasteiger partial charge in [-0.05, 0) is 47.5 Å². The Labute approximate surface area is 131 Å². The lowest BCUT2D eigenvalue weighted by Gasteiger charge is -2.15. The van der Waals surface area contributed by atoms with E-state index in [1.54, 1.807) is 4.68 Å². The summed E-state index contributed by atoms with van der Waals surface area (Å²) in [5, 5.41) is 20.8. The zero-order valence-electron chi connectivity index (χ0n) is 12.0. The van der Waals surface area contributed by atoms with Crippen molar-refractivity contribution in [3.8, 4) is 11.4 Å². The van der Waals surface area contributed by atoms with Gasteiger partial charge in [-0.2, -0.15) is 0 Å². The molecular weight excluding hydrogens is 336 g/mol. The molecule has 0 aliphatic carbocycles. The lowest BCUT2D eigenvalue weighted by molar-refractivity contribution is -0.138. The van der Waals surface area contributed by atoms with Gasteiger partial charge in [-0.25, -0.2) is 4.68 Å². The highest BCUT2D eigenvalue weighted by Crippen LogP contribution is 2.27. The van der Waals surface area contributed by atoms with E-state index >= 15 is 0 Å². The summed E-state index contributed by atoms with van der Waals surface area (Å²) < 4.78 is 2.64. The van der Waals surface area contributed by atoms with Gasteiger partial charge in [-0.15, -0.1) is 5.10 Å². The lowest BCUT2D eigenvalue weighted by Crippen LogP contribution is -2.16. The second-order valence-electron chi connectivity index (χ2n) is 4.95. The molecular formula is C14H17BrN4O2. The van der Waals surface area contributed by atoms with Crippen LogP contribution < -0.4 is 0 Å². The van der Waals surface area contributed by atoms with Crippen molar-refractivity contribution < 1.29 is 9.90 Å². The van der Waals surface area contributed by atoms with Gasteiger partial charge < -0.3 is 5.11 Å². The van der Waals surface area contributed by atoms with Gasteiger partial charge >= 0.3 is 5.97 Å². The number of hydrogen-bond donors (Lipinski definition) is 1. The molecule has 1 heterocycles. The Balaban J connectivity index is 2.39. The molecule has 0 radical (unpaired) electrons. The Bertz CT molecular complexity index is 642. The number of aromatic nitrogens is 4. The van der Waals surface area contributed by atoms with Crippen LogP contribution in [0.2, 0.25) is 0 Å². The second-order valence-corrected chi connectivity index (χ2v) is 5.81. The van der Waals surface area contributed by atoms with Gasteiger partial charge in [-0.1, -0.05) is 29.3 Å². The molecule has 1 aromatic carbocycles. The zero-order chi connectivity index (χ0) is 15.4. The van der Waals surface area contributed by atoms with E-state index in [1.165, 1.54) is 0 Å². The average molecular weight is 353 g/mol. The fraction of sp³-hybridized carbons (Fsp3) is 0.429. The van der Waals surface area contributed by atoms with Crippen molar-refractivity contribution in [2.45, 2.75) is 39.2 Å². The molecule has 112 valence electrons. The van der Waals surface area contributed by atoms with Gasteiger partial charge in [0.05, 0.1) is 12.5 Å². The monoisotopic (exact) mass is 352 g/mol. The number of halogens is 1. The molecule has 7 heteroatoms. The highest BCUT2D eigenvalue weighted by Gasteiger charge is 2.20. The summed E-state index contributed by atoms with van der Waals surface area (Å²) in [5.41, 5.74) is 1.96. The molecule has 0 spiro atoms. The van der Waals surface area contributed by atoms with Crippen molar-refractivity contribution >= 4 is 21.9 Å². The van der Waals surface area contributed by atoms with E-state index in [4.69, 9.17) is 5.11 Å². The highest BCUT2D eigenvalue weighted by atomic mass is 79.9. The van der Waals surface area contributed by atoms with Crippen molar-refractivity contribution in [3.05, 3.63) is 28.2 Å². The minimum atomic E-state index is -0.845. The molecule has 2 rings (SSSR count). The fourth-order valence-electron chi connectivity index (χ4n) is 2.26. The molecule has 0 amide bonds. The largest absolute Gasteiger partial charge is 0.481 e. The summed E-state index contributed by atoms with van der Waals surface area (Å²) in [5.74, 6) is -0.243. The van der Waals surface area contributed by atoms with Crippen LogP contribution in [-0.4, -0.2) is 31.3 Å². The summed E-state index contributed by atoms with van der Waals surface area (Å²) >= 11 is 3.46. The molecule has 1 atom stereocenters. The predicted molar refractivity (Wildman–Crippen MR) is 81.9 cm³/mol. The normalized spacial score (nSPS) is 12.3. The molecule has 0 saturated heterocycles. The Morgan fingerprint density at radius 3 is 2.86 bits per heavy atom. The van der Waals surface area contributed by atoms with Crippen molar-refractivity contribution in [3.63, 3.8) is 0 Å². The summed E-state index contributed by atoms with van der Waals surface area (Å²) in [7, 11) is 0. The number of nitrogens with zero attached hydrogens (tertiary/aromatic N) is 4. The number of aryl methyl sites for hydroxylation is 1. The number of aliphatic carboxylic acids is 1. The fourth-order valence-corrected chi connectivity index (χ4v) is 2.51. The highest BCUT2D eigenvalue weighted by molar-refractivity contribution is 9.10. The summed E-state index contributed by atoms with van der Waals surface area (Å²) in [6.07, 6.45) is 1.61. The zero-order valence-corrected chi connectivity index (χ0v) is 13.5. The van der Waals surface area contributed by atoms with E-state index in [2.05, 4.69) is 31.5 Å². The van der Waals surface area contributed by atoms with Crippen LogP contribution in [0, 0.1) is 6.92 Å². The smallest absolute Gasteiger partial charge is 0.305 e. The molecule has 21 heavy (non-hydrogen) atoms. The van der Waals surface area contributed by atoms with Crippen molar-refractivity contribution in [2.75, 3.05) is 0 Å². The number of carbonyl (C=O) groups is 1. The van der Waals surface area contributed by atoms with Gasteiger partial charge in [-0.3, -0.25) is 4.79 Å². The average Bonchev–Trinajstić information content (AvgIpc) is 2.90. The van der Waals surface area contributed by atoms with E-state index in [0.29, 0.717) is 5.82 Å². The maximum atomic E-state index is 11.0. The van der Waals surface area contributed by atoms with Gasteiger partial charge in [0.25, 0.3) is 0 Å². The maximum absolute atomic E-state index is 11.0. The van der Waals surface area contributed by atoms with Crippen molar-refractivity contribution in [1.82, 2.24) is 20.2 Å². The van der Waals surface area contributed by atoms with Gasteiger partial charge in [0.1, 0.15) is 0 Å². The third-order valence-corrected chi connectivity index (χ3v) is 4.18. The predicted octanol–water partition coefficient (Wildman–Crippen LogP) is 3.23. The molecule has 1 aromatic heterocycles. The molecule has 0 fully saturated rings. The number of carboxylic acid groups (broad SMARTS) is 1. The number of tetrazole rings is 1. The SMILES string of the molecule is CCCC(CC(=O)O)n1nnnc1-c1ccc(Br)c(C)c1. The van der Waals surface area contributed by atoms with Gasteiger partial charge in [0.15, 0.2) is 5.82 Å². The molecule has 0 saturated carbocycles. The maximum Gasteiger partial charge on any atom is 0.305 e. The first kappa shape index (κ1) is 15.6. The molecule has 2 aromatic rings. The van der Waals surface area contributed by atoms with Crippen LogP contribution >= 0.6 is 15.9 Å². The van der Waals surface area contributed by atoms with E-state index < -0.39 is 5.97 Å². The van der Waals surface area contributed by atoms with Crippen LogP contribution in [0.5, 0.6) is 0 Å². The molecule has 0 aliphatic heterocycles. The number of hydrogen-bond acceptors (Lipinski definition) is 4. The van der Waals surface area contributed by atoms with Crippen LogP contribution in [0.4, 0.5) is 0 Å². The molecule has 1 N–H and O–H groups in total. The summed E-state index contributed by atoms with van der Waals surface area (Å²) in [4.78, 5) is 11.0. The third-order valence-electron chi connectivity index (χ3n) is 3.29. The number of rotatable bonds is 6. The van der Waals surface area contributed by atoms with Crippen LogP contribution in [0.15, 0.2) is 22.7 Å². The van der Waals surface area contributed by atoms with Crippen LogP contribution in [0.25, 0.3) is 11.4 Å². The van der Waals surface area contributed by atoms with E-state index in [9.17, 15) is 4.79 Å². The molecule has 6 nitrogen and oxygen atoms in total. The topological polar surface area (TPSA) is 80.9 Å². The molecule has 1 unspecified atom stereocenters. The second kappa shape index (κ2) is 6.80. The Kier molecular flexibility index (Phi) is 5.06. The minimum Gasteiger partial charge on any atom is -0.481 e. The van der Waals surface area contributed by atoms with Crippen LogP contribution in [-0.2, 0) is 4.79 Å². The van der Waals surface area contributed by atoms with Gasteiger partial charge in [0.2, 0.25) is 0 Å². The summed E-state index contributed by atoms with van der Waals surface area (Å²) in [6, 6.07) is 5.61. The molecule has 0 bridgehead atoms. The number of carboxylic acids is 1. The van der Waals surface area contributed by atoms with Crippen LogP contribution in [0.1, 0.15) is 37.8 Å². The first-order valence-electron chi connectivity index (χ1n) is 6.79. The Hall–Kier alpha value is -1.76. The Morgan fingerprint density at radius 2 is 2.24 bits per heavy atom. The first-order valence-corrected chi connectivity index (χ1v) is 7.58. The first-order chi connectivity index (χ1) is 10.0. The third kappa shape index (κ3) is 3.66. The minimum absolute atomic E-state index is 0.0153. The van der Waals surface area contributed by atoms with E-state index in [1.807, 2.05) is 32.0 Å². The quantitative estimate of drug-likeness (QED) is 0.862. The van der Waals surface area contributed by atoms with Crippen molar-refractivity contribution in [1.29, 1.82) is 0 Å². The Morgan fingerprint density at radius 1 is 1.48 bits per heavy atom. The van der Waals surface area contributed by atoms with E-state index in [0.717, 1.165) is 28.4 Å². The standard InChI is InChI=1S/C14H17BrN4O2/c1-3-4-11(8-13(20)21)19-14(16-17-18-19)10-5-6-12(15)9(2)7-10/h5-7,11H,3-4,8H2,1-2H3,(H,20,21). The number of benzene rings is 1. The lowest BCUT2D eigenvalue weighted by atomic mass is 10.1. The summed E-state index contributed by atoms with van der Waals surface area (Å²) in [6.45, 7) is 4.01. The van der Waals surface area contributed by atoms with Crippen LogP contribution in [0.3, 0.4) is 0 Å².